The number of piperidine rings is 4. The van der Waals surface area contributed by atoms with E-state index in [9.17, 15) is 48.0 Å². The van der Waals surface area contributed by atoms with Crippen LogP contribution in [0.25, 0.3) is 0 Å². The van der Waals surface area contributed by atoms with E-state index < -0.39 is 42.5 Å². The minimum atomic E-state index is -0.869. The number of rotatable bonds is 25. The lowest BCUT2D eigenvalue weighted by atomic mass is 9.98. The molecular weight excluding hydrogens is 1620 g/mol. The summed E-state index contributed by atoms with van der Waals surface area (Å²) >= 11 is 0. The highest BCUT2D eigenvalue weighted by atomic mass is 19.1. The van der Waals surface area contributed by atoms with Crippen molar-refractivity contribution in [1.29, 1.82) is 0 Å². The Balaban J connectivity index is 0.000000132. The molecule has 11 heterocycles. The highest BCUT2D eigenvalue weighted by Crippen LogP contribution is 2.40. The van der Waals surface area contributed by atoms with E-state index in [0.29, 0.717) is 149 Å². The number of aliphatic hydroxyl groups is 4. The molecule has 680 valence electrons. The fourth-order valence-corrected chi connectivity index (χ4v) is 18.9. The van der Waals surface area contributed by atoms with Crippen LogP contribution in [0.2, 0.25) is 0 Å². The van der Waals surface area contributed by atoms with E-state index in [4.69, 9.17) is 43.6 Å². The fourth-order valence-electron chi connectivity index (χ4n) is 18.9. The lowest BCUT2D eigenvalue weighted by Crippen LogP contribution is -2.50. The first-order valence-corrected chi connectivity index (χ1v) is 45.8. The maximum Gasteiger partial charge on any atom is 0.225 e. The lowest BCUT2D eigenvalue weighted by Gasteiger charge is -2.34. The van der Waals surface area contributed by atoms with Crippen molar-refractivity contribution in [2.45, 2.75) is 145 Å². The SMILES string of the molecule is N[C@H](CN1CCCCC1)[C@H](O)c1ccc2c(c1)OCCO2.O=C(N[C@H](CN1CCCCC1)[C@H](O)c1ccc2c(c1)OCCO2)C1CCN(c2ccc(F)cc2)C1.O=C(N[C@H](CN1CCCCC1)[C@H](O)c1ccc2c(c1)OCCO2)[C@@H]1CCN(c2ccc(F)cc2)C1.O=C(N[C@H](CN1CCCCC1)[C@H](O)c1ccc2c(c1)OCCO2)[C@H]1CCN(c2ccc(F)cc2)C1. The first kappa shape index (κ1) is 90.9. The van der Waals surface area contributed by atoms with Crippen LogP contribution >= 0.6 is 0 Å². The molecule has 0 radical (unpaired) electrons. The minimum absolute atomic E-state index is 0.0479. The number of likely N-dealkylation sites (tertiary alicyclic amines) is 4. The summed E-state index contributed by atoms with van der Waals surface area (Å²) in [7, 11) is 0. The summed E-state index contributed by atoms with van der Waals surface area (Å²) in [6.07, 6.45) is 13.1. The Labute approximate surface area is 737 Å². The zero-order valence-electron chi connectivity index (χ0n) is 72.3. The average Bonchev–Trinajstić information content (AvgIpc) is 1.31. The van der Waals surface area contributed by atoms with Crippen molar-refractivity contribution in [1.82, 2.24) is 35.6 Å². The largest absolute Gasteiger partial charge is 0.486 e. The standard InChI is InChI=1S/3C27H34FN3O4.C16H24N2O3/c3*28-21-5-7-22(8-6-21)31-13-10-20(17-31)27(33)29-23(18-30-11-2-1-3-12-30)26(32)19-4-9-24-25(16-19)35-15-14-34-24;17-13(11-18-6-2-1-3-7-18)16(19)12-4-5-14-15(10-12)21-9-8-20-14/h3*4-9,16,20,23,26,32H,1-3,10-15,17-18H2,(H,29,33);4-5,10,13,16,19H,1-3,6-9,11,17H2/t20?,23-,26-;20-,23+,26+;20-,23-,26-;13-,16-/m1011/s1. The summed E-state index contributed by atoms with van der Waals surface area (Å²) < 4.78 is 84.9. The summed E-state index contributed by atoms with van der Waals surface area (Å²) in [6, 6.07) is 39.6. The van der Waals surface area contributed by atoms with Crippen molar-refractivity contribution < 1.29 is 85.9 Å². The van der Waals surface area contributed by atoms with Gasteiger partial charge in [-0.1, -0.05) is 49.9 Å². The van der Waals surface area contributed by atoms with Crippen LogP contribution in [0.15, 0.2) is 146 Å². The van der Waals surface area contributed by atoms with Crippen LogP contribution in [0.1, 0.15) is 143 Å². The monoisotopic (exact) mass is 1740 g/mol. The van der Waals surface area contributed by atoms with Gasteiger partial charge in [-0.3, -0.25) is 14.4 Å². The van der Waals surface area contributed by atoms with Crippen molar-refractivity contribution in [2.24, 2.45) is 23.5 Å². The Kier molecular flexibility index (Phi) is 32.3. The van der Waals surface area contributed by atoms with Crippen LogP contribution in [-0.4, -0.2) is 253 Å². The Morgan fingerprint density at radius 3 is 0.794 bits per heavy atom. The summed E-state index contributed by atoms with van der Waals surface area (Å²) in [5.74, 6) is 3.85. The molecule has 7 aromatic carbocycles. The summed E-state index contributed by atoms with van der Waals surface area (Å²) in [5.41, 5.74) is 11.9. The van der Waals surface area contributed by atoms with Crippen LogP contribution in [0, 0.1) is 35.2 Å². The van der Waals surface area contributed by atoms with Gasteiger partial charge in [-0.25, -0.2) is 13.2 Å². The van der Waals surface area contributed by atoms with E-state index in [-0.39, 0.29) is 59.0 Å². The van der Waals surface area contributed by atoms with Gasteiger partial charge in [0, 0.05) is 88.6 Å². The molecule has 29 heteroatoms. The van der Waals surface area contributed by atoms with Crippen LogP contribution in [0.3, 0.4) is 0 Å². The van der Waals surface area contributed by atoms with Gasteiger partial charge < -0.3 is 114 Å². The zero-order chi connectivity index (χ0) is 87.3. The van der Waals surface area contributed by atoms with E-state index in [0.717, 1.165) is 165 Å². The second-order valence-electron chi connectivity index (χ2n) is 35.1. The molecule has 0 saturated carbocycles. The number of carbonyl (C=O) groups is 3. The van der Waals surface area contributed by atoms with Gasteiger partial charge in [0.05, 0.1) is 42.0 Å². The lowest BCUT2D eigenvalue weighted by molar-refractivity contribution is -0.127. The number of aliphatic hydroxyl groups excluding tert-OH is 4. The van der Waals surface area contributed by atoms with Crippen LogP contribution < -0.4 is 74.3 Å². The van der Waals surface area contributed by atoms with E-state index in [2.05, 4.69) is 50.2 Å². The molecule has 7 saturated heterocycles. The maximum atomic E-state index is 13.3. The smallest absolute Gasteiger partial charge is 0.225 e. The van der Waals surface area contributed by atoms with Crippen molar-refractivity contribution in [3.63, 3.8) is 0 Å². The van der Waals surface area contributed by atoms with Crippen LogP contribution in [-0.2, 0) is 14.4 Å². The van der Waals surface area contributed by atoms with E-state index in [1.54, 1.807) is 36.4 Å². The number of ether oxygens (including phenoxy) is 8. The molecule has 7 aromatic rings. The number of anilines is 3. The molecule has 26 nitrogen and oxygen atoms in total. The molecule has 0 spiro atoms. The van der Waals surface area contributed by atoms with Gasteiger partial charge >= 0.3 is 0 Å². The Morgan fingerprint density at radius 1 is 0.310 bits per heavy atom. The minimum Gasteiger partial charge on any atom is -0.486 e. The third-order valence-corrected chi connectivity index (χ3v) is 26.0. The third-order valence-electron chi connectivity index (χ3n) is 26.0. The number of amides is 3. The number of nitrogens with one attached hydrogen (secondary N) is 3. The number of fused-ring (bicyclic) bond motifs is 4. The predicted molar refractivity (Wildman–Crippen MR) is 475 cm³/mol. The van der Waals surface area contributed by atoms with Crippen LogP contribution in [0.5, 0.6) is 46.0 Å². The van der Waals surface area contributed by atoms with Gasteiger partial charge in [0.2, 0.25) is 17.7 Å². The topological polar surface area (TPSA) is 291 Å². The first-order valence-electron chi connectivity index (χ1n) is 45.8. The van der Waals surface area contributed by atoms with Crippen LogP contribution in [0.4, 0.5) is 30.2 Å². The molecule has 3 amide bonds. The molecule has 7 fully saturated rings. The fraction of sp³-hybridized carbons (Fsp3) is 0.536. The number of nitrogens with two attached hydrogens (primary N) is 1. The Morgan fingerprint density at radius 2 is 0.540 bits per heavy atom. The molecule has 11 atom stereocenters. The number of halogens is 3. The second-order valence-corrected chi connectivity index (χ2v) is 35.1. The highest BCUT2D eigenvalue weighted by Gasteiger charge is 2.39. The summed E-state index contributed by atoms with van der Waals surface area (Å²) in [6.45, 7) is 18.6. The summed E-state index contributed by atoms with van der Waals surface area (Å²) in [5, 5.41) is 54.1. The molecule has 0 aromatic heterocycles. The summed E-state index contributed by atoms with van der Waals surface area (Å²) in [4.78, 5) is 55.6. The molecule has 18 rings (SSSR count). The molecule has 0 bridgehead atoms. The molecule has 1 unspecified atom stereocenters. The average molecular weight is 1740 g/mol. The predicted octanol–water partition coefficient (Wildman–Crippen LogP) is 10.7. The van der Waals surface area contributed by atoms with E-state index in [1.807, 2.05) is 72.8 Å². The second kappa shape index (κ2) is 44.8. The van der Waals surface area contributed by atoms with Gasteiger partial charge in [-0.05, 0) is 267 Å². The zero-order valence-corrected chi connectivity index (χ0v) is 72.3. The molecule has 11 aliphatic rings. The van der Waals surface area contributed by atoms with Crippen molar-refractivity contribution in [2.75, 3.05) is 185 Å². The molecular formula is C97H126F3N11O15. The van der Waals surface area contributed by atoms with E-state index in [1.165, 1.54) is 74.9 Å². The molecule has 126 heavy (non-hydrogen) atoms. The van der Waals surface area contributed by atoms with Gasteiger partial charge in [0.25, 0.3) is 0 Å². The normalized spacial score (nSPS) is 22.0. The van der Waals surface area contributed by atoms with E-state index >= 15 is 0 Å². The molecule has 11 aliphatic heterocycles. The van der Waals surface area contributed by atoms with Crippen molar-refractivity contribution >= 4 is 34.8 Å². The molecule has 9 N–H and O–H groups in total. The van der Waals surface area contributed by atoms with Crippen molar-refractivity contribution in [3.05, 3.63) is 185 Å². The third kappa shape index (κ3) is 24.7. The van der Waals surface area contributed by atoms with Gasteiger partial charge in [0.1, 0.15) is 88.6 Å². The molecule has 0 aliphatic carbocycles. The first-order chi connectivity index (χ1) is 61.4. The number of hydrogen-bond acceptors (Lipinski definition) is 23. The highest BCUT2D eigenvalue weighted by molar-refractivity contribution is 5.82. The van der Waals surface area contributed by atoms with Gasteiger partial charge in [-0.15, -0.1) is 0 Å². The quantitative estimate of drug-likeness (QED) is 0.0264. The Hall–Kier alpha value is -9.82. The van der Waals surface area contributed by atoms with Gasteiger partial charge in [-0.2, -0.15) is 0 Å². The number of nitrogens with zero attached hydrogens (tertiary/aromatic N) is 7. The number of carbonyl (C=O) groups excluding carboxylic acids is 3. The van der Waals surface area contributed by atoms with Crippen molar-refractivity contribution in [3.8, 4) is 46.0 Å². The number of benzene rings is 7. The Bertz CT molecular complexity index is 4250. The maximum absolute atomic E-state index is 13.3. The van der Waals surface area contributed by atoms with Gasteiger partial charge in [0.15, 0.2) is 46.0 Å². The number of hydrogen-bond donors (Lipinski definition) is 8.